The molecule has 0 unspecified atom stereocenters. The number of hydrogen-bond acceptors (Lipinski definition) is 3. The van der Waals surface area contributed by atoms with Crippen molar-refractivity contribution < 1.29 is 31.9 Å². The highest BCUT2D eigenvalue weighted by molar-refractivity contribution is 6.31. The van der Waals surface area contributed by atoms with Crippen LogP contribution >= 0.6 is 11.6 Å². The van der Waals surface area contributed by atoms with Gasteiger partial charge in [-0.25, -0.2) is 4.39 Å². The second-order valence-electron chi connectivity index (χ2n) is 6.42. The molecule has 0 fully saturated rings. The SMILES string of the molecule is CN(CC(=O)Nc1ccc(Cl)c(C(F)(F)F)c1)C(=O)CCC(=O)c1ccc(F)cc1. The first-order valence-corrected chi connectivity index (χ1v) is 9.04. The minimum atomic E-state index is -4.68. The Hall–Kier alpha value is -2.94. The van der Waals surface area contributed by atoms with Crippen LogP contribution in [-0.2, 0) is 15.8 Å². The van der Waals surface area contributed by atoms with Gasteiger partial charge in [0, 0.05) is 31.1 Å². The Balaban J connectivity index is 1.88. The zero-order chi connectivity index (χ0) is 22.5. The van der Waals surface area contributed by atoms with Gasteiger partial charge in [-0.15, -0.1) is 0 Å². The van der Waals surface area contributed by atoms with Gasteiger partial charge in [-0.3, -0.25) is 14.4 Å². The molecule has 0 saturated carbocycles. The third kappa shape index (κ3) is 6.55. The standard InChI is InChI=1S/C20H17ClF4N2O3/c1-27(19(30)9-8-17(28)12-2-4-13(22)5-3-12)11-18(29)26-14-6-7-16(21)15(10-14)20(23,24)25/h2-7,10H,8-9,11H2,1H3,(H,26,29). The summed E-state index contributed by atoms with van der Waals surface area (Å²) in [5.74, 6) is -2.07. The lowest BCUT2D eigenvalue weighted by atomic mass is 10.1. The van der Waals surface area contributed by atoms with Crippen molar-refractivity contribution in [3.8, 4) is 0 Å². The first-order chi connectivity index (χ1) is 14.0. The molecule has 10 heteroatoms. The summed E-state index contributed by atoms with van der Waals surface area (Å²) in [6.45, 7) is -0.423. The van der Waals surface area contributed by atoms with Crippen molar-refractivity contribution in [2.24, 2.45) is 0 Å². The maximum Gasteiger partial charge on any atom is 0.417 e. The summed E-state index contributed by atoms with van der Waals surface area (Å²) in [6.07, 6.45) is -5.00. The summed E-state index contributed by atoms with van der Waals surface area (Å²) in [7, 11) is 1.33. The Kier molecular flexibility index (Phi) is 7.55. The fourth-order valence-corrected chi connectivity index (χ4v) is 2.74. The number of Topliss-reactive ketones (excluding diaryl/α,β-unsaturated/α-hetero) is 1. The zero-order valence-corrected chi connectivity index (χ0v) is 16.5. The molecule has 5 nitrogen and oxygen atoms in total. The van der Waals surface area contributed by atoms with Crippen LogP contribution in [0.25, 0.3) is 0 Å². The predicted molar refractivity (Wildman–Crippen MR) is 103 cm³/mol. The van der Waals surface area contributed by atoms with Crippen molar-refractivity contribution in [2.45, 2.75) is 19.0 Å². The Bertz CT molecular complexity index is 946. The average molecular weight is 445 g/mol. The number of likely N-dealkylation sites (N-methyl/N-ethyl adjacent to an activating group) is 1. The third-order valence-electron chi connectivity index (χ3n) is 4.09. The Morgan fingerprint density at radius 1 is 1.03 bits per heavy atom. The minimum Gasteiger partial charge on any atom is -0.336 e. The van der Waals surface area contributed by atoms with E-state index in [1.165, 1.54) is 25.2 Å². The lowest BCUT2D eigenvalue weighted by Gasteiger charge is -2.17. The molecule has 160 valence electrons. The van der Waals surface area contributed by atoms with Crippen molar-refractivity contribution in [1.29, 1.82) is 0 Å². The number of rotatable bonds is 7. The monoisotopic (exact) mass is 444 g/mol. The van der Waals surface area contributed by atoms with Gasteiger partial charge >= 0.3 is 6.18 Å². The van der Waals surface area contributed by atoms with Gasteiger partial charge in [0.05, 0.1) is 17.1 Å². The van der Waals surface area contributed by atoms with Gasteiger partial charge in [-0.1, -0.05) is 11.6 Å². The van der Waals surface area contributed by atoms with Crippen molar-refractivity contribution >= 4 is 34.9 Å². The molecule has 2 amide bonds. The number of ketones is 1. The van der Waals surface area contributed by atoms with Gasteiger partial charge in [-0.05, 0) is 42.5 Å². The van der Waals surface area contributed by atoms with Crippen LogP contribution in [0.1, 0.15) is 28.8 Å². The number of carbonyl (C=O) groups is 3. The summed E-state index contributed by atoms with van der Waals surface area (Å²) in [4.78, 5) is 37.2. The fraction of sp³-hybridized carbons (Fsp3) is 0.250. The van der Waals surface area contributed by atoms with Crippen LogP contribution in [-0.4, -0.2) is 36.1 Å². The lowest BCUT2D eigenvalue weighted by molar-refractivity contribution is -0.137. The molecule has 30 heavy (non-hydrogen) atoms. The molecule has 0 aliphatic heterocycles. The summed E-state index contributed by atoms with van der Waals surface area (Å²) in [6, 6.07) is 7.79. The summed E-state index contributed by atoms with van der Waals surface area (Å²) >= 11 is 5.52. The number of amides is 2. The molecule has 2 rings (SSSR count). The van der Waals surface area contributed by atoms with E-state index in [0.29, 0.717) is 6.07 Å². The first-order valence-electron chi connectivity index (χ1n) is 8.66. The van der Waals surface area contributed by atoms with Crippen LogP contribution in [0.5, 0.6) is 0 Å². The summed E-state index contributed by atoms with van der Waals surface area (Å²) in [5, 5.41) is 1.77. The molecule has 0 aliphatic carbocycles. The lowest BCUT2D eigenvalue weighted by Crippen LogP contribution is -2.35. The van der Waals surface area contributed by atoms with Crippen molar-refractivity contribution in [2.75, 3.05) is 18.9 Å². The van der Waals surface area contributed by atoms with Crippen LogP contribution in [0.15, 0.2) is 42.5 Å². The quantitative estimate of drug-likeness (QED) is 0.503. The number of benzene rings is 2. The van der Waals surface area contributed by atoms with Gasteiger partial charge in [0.15, 0.2) is 5.78 Å². The minimum absolute atomic E-state index is 0.121. The van der Waals surface area contributed by atoms with Crippen LogP contribution in [0.3, 0.4) is 0 Å². The van der Waals surface area contributed by atoms with E-state index in [-0.39, 0.29) is 29.9 Å². The second kappa shape index (κ2) is 9.71. The highest BCUT2D eigenvalue weighted by Crippen LogP contribution is 2.36. The molecule has 0 saturated heterocycles. The number of hydrogen-bond donors (Lipinski definition) is 1. The number of anilines is 1. The smallest absolute Gasteiger partial charge is 0.336 e. The van der Waals surface area contributed by atoms with Crippen LogP contribution in [0.4, 0.5) is 23.2 Å². The Labute approximate surface area is 174 Å². The highest BCUT2D eigenvalue weighted by Gasteiger charge is 2.33. The van der Waals surface area contributed by atoms with E-state index in [1.807, 2.05) is 0 Å². The van der Waals surface area contributed by atoms with Crippen LogP contribution in [0, 0.1) is 5.82 Å². The third-order valence-corrected chi connectivity index (χ3v) is 4.42. The zero-order valence-electron chi connectivity index (χ0n) is 15.7. The number of nitrogens with zero attached hydrogens (tertiary/aromatic N) is 1. The first kappa shape index (κ1) is 23.3. The number of halogens is 5. The van der Waals surface area contributed by atoms with E-state index in [4.69, 9.17) is 11.6 Å². The Morgan fingerprint density at radius 3 is 2.27 bits per heavy atom. The summed E-state index contributed by atoms with van der Waals surface area (Å²) in [5.41, 5.74) is -0.956. The van der Waals surface area contributed by atoms with Gasteiger partial charge in [0.2, 0.25) is 11.8 Å². The summed E-state index contributed by atoms with van der Waals surface area (Å²) < 4.78 is 51.5. The average Bonchev–Trinajstić information content (AvgIpc) is 2.66. The molecule has 0 bridgehead atoms. The van der Waals surface area contributed by atoms with Crippen LogP contribution in [0.2, 0.25) is 5.02 Å². The molecule has 0 heterocycles. The number of alkyl halides is 3. The normalized spacial score (nSPS) is 11.1. The van der Waals surface area contributed by atoms with E-state index in [9.17, 15) is 31.9 Å². The van der Waals surface area contributed by atoms with Gasteiger partial charge in [0.25, 0.3) is 0 Å². The van der Waals surface area contributed by atoms with E-state index < -0.39 is 40.9 Å². The van der Waals surface area contributed by atoms with Crippen LogP contribution < -0.4 is 5.32 Å². The fourth-order valence-electron chi connectivity index (χ4n) is 2.52. The number of nitrogens with one attached hydrogen (secondary N) is 1. The van der Waals surface area contributed by atoms with E-state index >= 15 is 0 Å². The van der Waals surface area contributed by atoms with Gasteiger partial charge < -0.3 is 10.2 Å². The largest absolute Gasteiger partial charge is 0.417 e. The molecule has 0 spiro atoms. The molecule has 2 aromatic rings. The van der Waals surface area contributed by atoms with E-state index in [0.717, 1.165) is 23.1 Å². The topological polar surface area (TPSA) is 66.5 Å². The van der Waals surface area contributed by atoms with Crippen molar-refractivity contribution in [3.05, 3.63) is 64.4 Å². The van der Waals surface area contributed by atoms with E-state index in [2.05, 4.69) is 5.32 Å². The molecular weight excluding hydrogens is 428 g/mol. The van der Waals surface area contributed by atoms with E-state index in [1.54, 1.807) is 0 Å². The molecule has 0 aliphatic rings. The van der Waals surface area contributed by atoms with Crippen molar-refractivity contribution in [1.82, 2.24) is 4.90 Å². The molecule has 0 aromatic heterocycles. The second-order valence-corrected chi connectivity index (χ2v) is 6.83. The van der Waals surface area contributed by atoms with Crippen molar-refractivity contribution in [3.63, 3.8) is 0 Å². The van der Waals surface area contributed by atoms with Gasteiger partial charge in [0.1, 0.15) is 5.82 Å². The molecule has 2 aromatic carbocycles. The Morgan fingerprint density at radius 2 is 1.67 bits per heavy atom. The maximum atomic E-state index is 12.9. The predicted octanol–water partition coefficient (Wildman–Crippen LogP) is 4.56. The molecule has 0 radical (unpaired) electrons. The number of carbonyl (C=O) groups excluding carboxylic acids is 3. The molecule has 1 N–H and O–H groups in total. The highest BCUT2D eigenvalue weighted by atomic mass is 35.5. The maximum absolute atomic E-state index is 12.9. The van der Waals surface area contributed by atoms with Gasteiger partial charge in [-0.2, -0.15) is 13.2 Å². The molecule has 0 atom stereocenters. The molecular formula is C20H17ClF4N2O3.